The highest BCUT2D eigenvalue weighted by atomic mass is 16.4. The largest absolute Gasteiger partial charge is 0.444 e. The van der Waals surface area contributed by atoms with Crippen LogP contribution < -0.4 is 5.32 Å². The van der Waals surface area contributed by atoms with E-state index in [-0.39, 0.29) is 11.9 Å². The number of carbonyl (C=O) groups is 1. The lowest BCUT2D eigenvalue weighted by Crippen LogP contribution is -2.30. The zero-order chi connectivity index (χ0) is 16.2. The Morgan fingerprint density at radius 3 is 2.83 bits per heavy atom. The molecule has 1 amide bonds. The van der Waals surface area contributed by atoms with E-state index in [1.165, 1.54) is 0 Å². The van der Waals surface area contributed by atoms with Crippen LogP contribution in [0.4, 0.5) is 0 Å². The van der Waals surface area contributed by atoms with Gasteiger partial charge in [-0.2, -0.15) is 0 Å². The standard InChI is InChI=1S/C18H23N3O2/c1-13(2)16-11-20-18(23-16)12-21-9-8-19-17(22)10-15(21)14-6-4-3-5-7-14/h3-7,11,13,15H,8-10,12H2,1-2H3,(H,19,22). The number of nitrogens with zero attached hydrogens (tertiary/aromatic N) is 2. The first-order valence-electron chi connectivity index (χ1n) is 8.14. The number of benzene rings is 1. The van der Waals surface area contributed by atoms with E-state index in [0.29, 0.717) is 31.3 Å². The third-order valence-corrected chi connectivity index (χ3v) is 4.20. The average Bonchev–Trinajstić information content (AvgIpc) is 2.93. The third kappa shape index (κ3) is 3.79. The molecule has 1 unspecified atom stereocenters. The number of amides is 1. The van der Waals surface area contributed by atoms with Crippen molar-refractivity contribution in [3.8, 4) is 0 Å². The Labute approximate surface area is 136 Å². The van der Waals surface area contributed by atoms with Gasteiger partial charge in [-0.15, -0.1) is 0 Å². The summed E-state index contributed by atoms with van der Waals surface area (Å²) in [5.41, 5.74) is 1.15. The normalized spacial score (nSPS) is 19.6. The van der Waals surface area contributed by atoms with Gasteiger partial charge in [-0.3, -0.25) is 9.69 Å². The molecule has 5 heteroatoms. The lowest BCUT2D eigenvalue weighted by molar-refractivity contribution is -0.121. The number of oxazole rings is 1. The minimum absolute atomic E-state index is 0.0492. The summed E-state index contributed by atoms with van der Waals surface area (Å²) in [5.74, 6) is 2.04. The van der Waals surface area contributed by atoms with Crippen molar-refractivity contribution in [3.05, 3.63) is 53.7 Å². The van der Waals surface area contributed by atoms with Gasteiger partial charge in [-0.25, -0.2) is 4.98 Å². The number of rotatable bonds is 4. The third-order valence-electron chi connectivity index (χ3n) is 4.20. The van der Waals surface area contributed by atoms with Crippen LogP contribution >= 0.6 is 0 Å². The molecule has 23 heavy (non-hydrogen) atoms. The lowest BCUT2D eigenvalue weighted by Gasteiger charge is -2.28. The lowest BCUT2D eigenvalue weighted by atomic mass is 10.0. The second kappa shape index (κ2) is 6.96. The molecule has 1 N–H and O–H groups in total. The van der Waals surface area contributed by atoms with E-state index in [9.17, 15) is 4.79 Å². The maximum Gasteiger partial charge on any atom is 0.221 e. The Hall–Kier alpha value is -2.14. The Morgan fingerprint density at radius 2 is 2.13 bits per heavy atom. The maximum atomic E-state index is 12.0. The van der Waals surface area contributed by atoms with E-state index in [4.69, 9.17) is 4.42 Å². The summed E-state index contributed by atoms with van der Waals surface area (Å²) in [6, 6.07) is 10.2. The summed E-state index contributed by atoms with van der Waals surface area (Å²) in [7, 11) is 0. The highest BCUT2D eigenvalue weighted by molar-refractivity contribution is 5.77. The van der Waals surface area contributed by atoms with Crippen molar-refractivity contribution in [3.63, 3.8) is 0 Å². The van der Waals surface area contributed by atoms with Crippen LogP contribution in [0, 0.1) is 0 Å². The smallest absolute Gasteiger partial charge is 0.221 e. The van der Waals surface area contributed by atoms with Crippen LogP contribution in [-0.2, 0) is 11.3 Å². The predicted molar refractivity (Wildman–Crippen MR) is 87.8 cm³/mol. The molecule has 1 aromatic heterocycles. The number of carbonyl (C=O) groups excluding carboxylic acids is 1. The fourth-order valence-electron chi connectivity index (χ4n) is 2.90. The molecule has 2 aromatic rings. The van der Waals surface area contributed by atoms with Crippen molar-refractivity contribution in [2.45, 2.75) is 38.8 Å². The van der Waals surface area contributed by atoms with Gasteiger partial charge in [0.15, 0.2) is 0 Å². The topological polar surface area (TPSA) is 58.4 Å². The van der Waals surface area contributed by atoms with Crippen molar-refractivity contribution in [1.29, 1.82) is 0 Å². The SMILES string of the molecule is CC(C)c1cnc(CN2CCNC(=O)CC2c2ccccc2)o1. The summed E-state index contributed by atoms with van der Waals surface area (Å²) < 4.78 is 5.84. The quantitative estimate of drug-likeness (QED) is 0.943. The molecule has 0 radical (unpaired) electrons. The van der Waals surface area contributed by atoms with Crippen LogP contribution in [0.5, 0.6) is 0 Å². The van der Waals surface area contributed by atoms with Crippen molar-refractivity contribution in [1.82, 2.24) is 15.2 Å². The monoisotopic (exact) mass is 313 g/mol. The summed E-state index contributed by atoms with van der Waals surface area (Å²) in [5, 5.41) is 2.95. The molecule has 0 bridgehead atoms. The van der Waals surface area contributed by atoms with E-state index < -0.39 is 0 Å². The van der Waals surface area contributed by atoms with Gasteiger partial charge in [-0.1, -0.05) is 44.2 Å². The Kier molecular flexibility index (Phi) is 4.76. The number of aromatic nitrogens is 1. The van der Waals surface area contributed by atoms with Gasteiger partial charge in [0.2, 0.25) is 11.8 Å². The molecule has 1 fully saturated rings. The Morgan fingerprint density at radius 1 is 1.35 bits per heavy atom. The molecule has 2 heterocycles. The van der Waals surface area contributed by atoms with Crippen LogP contribution in [0.1, 0.15) is 49.4 Å². The van der Waals surface area contributed by atoms with Crippen LogP contribution in [0.25, 0.3) is 0 Å². The molecule has 5 nitrogen and oxygen atoms in total. The molecule has 1 aliphatic heterocycles. The first-order valence-corrected chi connectivity index (χ1v) is 8.14. The van der Waals surface area contributed by atoms with Gasteiger partial charge < -0.3 is 9.73 Å². The number of hydrogen-bond donors (Lipinski definition) is 1. The maximum absolute atomic E-state index is 12.0. The first kappa shape index (κ1) is 15.7. The summed E-state index contributed by atoms with van der Waals surface area (Å²) in [6.45, 7) is 6.23. The zero-order valence-corrected chi connectivity index (χ0v) is 13.7. The van der Waals surface area contributed by atoms with Crippen molar-refractivity contribution in [2.75, 3.05) is 13.1 Å². The molecular formula is C18H23N3O2. The van der Waals surface area contributed by atoms with Gasteiger partial charge in [0, 0.05) is 31.5 Å². The second-order valence-electron chi connectivity index (χ2n) is 6.26. The Bertz CT molecular complexity index is 651. The highest BCUT2D eigenvalue weighted by Crippen LogP contribution is 2.27. The summed E-state index contributed by atoms with van der Waals surface area (Å²) in [4.78, 5) is 18.6. The van der Waals surface area contributed by atoms with E-state index in [1.807, 2.05) is 18.2 Å². The molecule has 1 aromatic carbocycles. The summed E-state index contributed by atoms with van der Waals surface area (Å²) in [6.07, 6.45) is 2.26. The van der Waals surface area contributed by atoms with Gasteiger partial charge in [0.25, 0.3) is 0 Å². The first-order chi connectivity index (χ1) is 11.1. The number of hydrogen-bond acceptors (Lipinski definition) is 4. The van der Waals surface area contributed by atoms with Gasteiger partial charge in [0.05, 0.1) is 12.7 Å². The number of nitrogens with one attached hydrogen (secondary N) is 1. The highest BCUT2D eigenvalue weighted by Gasteiger charge is 2.27. The minimum Gasteiger partial charge on any atom is -0.444 e. The molecule has 0 saturated carbocycles. The zero-order valence-electron chi connectivity index (χ0n) is 13.7. The van der Waals surface area contributed by atoms with Crippen molar-refractivity contribution < 1.29 is 9.21 Å². The van der Waals surface area contributed by atoms with Gasteiger partial charge in [-0.05, 0) is 5.56 Å². The molecule has 3 rings (SSSR count). The molecule has 1 atom stereocenters. The van der Waals surface area contributed by atoms with E-state index >= 15 is 0 Å². The van der Waals surface area contributed by atoms with Crippen LogP contribution in [-0.4, -0.2) is 28.9 Å². The molecule has 0 spiro atoms. The predicted octanol–water partition coefficient (Wildman–Crippen LogP) is 2.86. The second-order valence-corrected chi connectivity index (χ2v) is 6.26. The molecule has 0 aliphatic carbocycles. The van der Waals surface area contributed by atoms with E-state index in [0.717, 1.165) is 17.9 Å². The molecule has 122 valence electrons. The molecule has 1 aliphatic rings. The average molecular weight is 313 g/mol. The fourth-order valence-corrected chi connectivity index (χ4v) is 2.90. The van der Waals surface area contributed by atoms with Crippen LogP contribution in [0.2, 0.25) is 0 Å². The Balaban J connectivity index is 1.82. The van der Waals surface area contributed by atoms with Crippen LogP contribution in [0.3, 0.4) is 0 Å². The van der Waals surface area contributed by atoms with Gasteiger partial charge >= 0.3 is 0 Å². The van der Waals surface area contributed by atoms with E-state index in [2.05, 4.69) is 41.2 Å². The summed E-state index contributed by atoms with van der Waals surface area (Å²) >= 11 is 0. The van der Waals surface area contributed by atoms with Crippen LogP contribution in [0.15, 0.2) is 40.9 Å². The minimum atomic E-state index is 0.0492. The molecular weight excluding hydrogens is 290 g/mol. The molecule has 1 saturated heterocycles. The van der Waals surface area contributed by atoms with Crippen molar-refractivity contribution >= 4 is 5.91 Å². The fraction of sp³-hybridized carbons (Fsp3) is 0.444. The van der Waals surface area contributed by atoms with E-state index in [1.54, 1.807) is 6.20 Å². The van der Waals surface area contributed by atoms with Crippen molar-refractivity contribution in [2.24, 2.45) is 0 Å². The van der Waals surface area contributed by atoms with Gasteiger partial charge in [0.1, 0.15) is 5.76 Å².